The Balaban J connectivity index is 2.58. The number of aliphatic hydroxyl groups is 1. The average Bonchev–Trinajstić information content (AvgIpc) is 2.21. The monoisotopic (exact) mass is 235 g/mol. The van der Waals surface area contributed by atoms with Crippen molar-refractivity contribution in [2.75, 3.05) is 6.54 Å². The van der Waals surface area contributed by atoms with Crippen LogP contribution in [-0.2, 0) is 6.54 Å². The molecule has 0 bridgehead atoms. The van der Waals surface area contributed by atoms with Crippen molar-refractivity contribution >= 4 is 0 Å². The van der Waals surface area contributed by atoms with Gasteiger partial charge in [0.15, 0.2) is 0 Å². The molecule has 96 valence electrons. The van der Waals surface area contributed by atoms with Gasteiger partial charge in [0, 0.05) is 13.1 Å². The summed E-state index contributed by atoms with van der Waals surface area (Å²) >= 11 is 0. The molecule has 1 atom stereocenters. The van der Waals surface area contributed by atoms with Crippen LogP contribution in [0, 0.1) is 26.7 Å². The van der Waals surface area contributed by atoms with Gasteiger partial charge in [0.1, 0.15) is 0 Å². The molecule has 0 aromatic heterocycles. The minimum Gasteiger partial charge on any atom is -0.392 e. The Hall–Kier alpha value is -0.860. The van der Waals surface area contributed by atoms with E-state index in [9.17, 15) is 5.11 Å². The second-order valence-electron chi connectivity index (χ2n) is 5.32. The Labute approximate surface area is 105 Å². The van der Waals surface area contributed by atoms with Crippen LogP contribution < -0.4 is 5.32 Å². The highest BCUT2D eigenvalue weighted by atomic mass is 16.3. The zero-order chi connectivity index (χ0) is 13.0. The molecule has 0 saturated heterocycles. The van der Waals surface area contributed by atoms with Gasteiger partial charge in [0.2, 0.25) is 0 Å². The van der Waals surface area contributed by atoms with E-state index in [-0.39, 0.29) is 6.10 Å². The van der Waals surface area contributed by atoms with Crippen LogP contribution in [0.1, 0.15) is 36.1 Å². The zero-order valence-corrected chi connectivity index (χ0v) is 11.7. The molecule has 2 nitrogen and oxygen atoms in total. The molecule has 0 spiro atoms. The highest BCUT2D eigenvalue weighted by molar-refractivity contribution is 5.37. The largest absolute Gasteiger partial charge is 0.392 e. The fourth-order valence-corrected chi connectivity index (χ4v) is 2.07. The molecule has 0 aliphatic rings. The first-order valence-corrected chi connectivity index (χ1v) is 6.37. The Morgan fingerprint density at radius 2 is 1.65 bits per heavy atom. The van der Waals surface area contributed by atoms with E-state index < -0.39 is 0 Å². The van der Waals surface area contributed by atoms with E-state index >= 15 is 0 Å². The second kappa shape index (κ2) is 6.18. The zero-order valence-electron chi connectivity index (χ0n) is 11.7. The molecule has 0 aliphatic carbocycles. The van der Waals surface area contributed by atoms with E-state index in [0.29, 0.717) is 12.5 Å². The lowest BCUT2D eigenvalue weighted by atomic mass is 9.99. The van der Waals surface area contributed by atoms with Gasteiger partial charge in [-0.1, -0.05) is 31.5 Å². The number of hydrogen-bond donors (Lipinski definition) is 2. The van der Waals surface area contributed by atoms with Crippen molar-refractivity contribution in [2.24, 2.45) is 5.92 Å². The summed E-state index contributed by atoms with van der Waals surface area (Å²) in [5.74, 6) is 0.308. The summed E-state index contributed by atoms with van der Waals surface area (Å²) in [7, 11) is 0. The predicted molar refractivity (Wildman–Crippen MR) is 73.2 cm³/mol. The van der Waals surface area contributed by atoms with Gasteiger partial charge in [-0.3, -0.25) is 0 Å². The Morgan fingerprint density at radius 1 is 1.12 bits per heavy atom. The van der Waals surface area contributed by atoms with Crippen molar-refractivity contribution < 1.29 is 5.11 Å². The van der Waals surface area contributed by atoms with E-state index in [1.807, 2.05) is 13.8 Å². The summed E-state index contributed by atoms with van der Waals surface area (Å²) in [6.07, 6.45) is -0.263. The third-order valence-corrected chi connectivity index (χ3v) is 3.27. The highest BCUT2D eigenvalue weighted by Gasteiger charge is 2.09. The maximum atomic E-state index is 9.72. The van der Waals surface area contributed by atoms with Crippen molar-refractivity contribution in [3.63, 3.8) is 0 Å². The summed E-state index contributed by atoms with van der Waals surface area (Å²) in [5.41, 5.74) is 5.32. The maximum Gasteiger partial charge on any atom is 0.0687 e. The minimum absolute atomic E-state index is 0.263. The standard InChI is InChI=1S/C15H25NO/c1-10(2)15(17)9-16-8-14-12(4)6-11(3)7-13(14)5/h6-7,10,15-17H,8-9H2,1-5H3. The number of benzene rings is 1. The van der Waals surface area contributed by atoms with E-state index in [2.05, 4.69) is 38.2 Å². The first kappa shape index (κ1) is 14.2. The van der Waals surface area contributed by atoms with E-state index in [1.54, 1.807) is 0 Å². The molecule has 17 heavy (non-hydrogen) atoms. The molecule has 0 radical (unpaired) electrons. The predicted octanol–water partition coefficient (Wildman–Crippen LogP) is 2.72. The normalized spacial score (nSPS) is 13.1. The van der Waals surface area contributed by atoms with Crippen LogP contribution in [0.25, 0.3) is 0 Å². The molecule has 0 fully saturated rings. The number of rotatable bonds is 5. The van der Waals surface area contributed by atoms with Gasteiger partial charge < -0.3 is 10.4 Å². The fourth-order valence-electron chi connectivity index (χ4n) is 2.07. The summed E-state index contributed by atoms with van der Waals surface area (Å²) in [4.78, 5) is 0. The topological polar surface area (TPSA) is 32.3 Å². The van der Waals surface area contributed by atoms with Gasteiger partial charge in [-0.2, -0.15) is 0 Å². The van der Waals surface area contributed by atoms with E-state index in [0.717, 1.165) is 6.54 Å². The smallest absolute Gasteiger partial charge is 0.0687 e. The van der Waals surface area contributed by atoms with Gasteiger partial charge in [-0.05, 0) is 43.4 Å². The van der Waals surface area contributed by atoms with Crippen molar-refractivity contribution in [2.45, 2.75) is 47.3 Å². The van der Waals surface area contributed by atoms with Crippen molar-refractivity contribution in [1.29, 1.82) is 0 Å². The molecule has 2 N–H and O–H groups in total. The lowest BCUT2D eigenvalue weighted by Crippen LogP contribution is -2.30. The molecule has 1 unspecified atom stereocenters. The molecule has 0 amide bonds. The molecule has 0 saturated carbocycles. The van der Waals surface area contributed by atoms with Crippen molar-refractivity contribution in [3.8, 4) is 0 Å². The van der Waals surface area contributed by atoms with Crippen LogP contribution in [0.5, 0.6) is 0 Å². The highest BCUT2D eigenvalue weighted by Crippen LogP contribution is 2.16. The third kappa shape index (κ3) is 4.14. The van der Waals surface area contributed by atoms with E-state index in [1.165, 1.54) is 22.3 Å². The SMILES string of the molecule is Cc1cc(C)c(CNCC(O)C(C)C)c(C)c1. The molecule has 2 heteroatoms. The Bertz CT molecular complexity index is 348. The van der Waals surface area contributed by atoms with Crippen LogP contribution in [-0.4, -0.2) is 17.8 Å². The summed E-state index contributed by atoms with van der Waals surface area (Å²) in [6, 6.07) is 4.42. The molecule has 1 aromatic rings. The van der Waals surface area contributed by atoms with Gasteiger partial charge in [-0.25, -0.2) is 0 Å². The first-order valence-electron chi connectivity index (χ1n) is 6.37. The van der Waals surface area contributed by atoms with Gasteiger partial charge in [0.25, 0.3) is 0 Å². The van der Waals surface area contributed by atoms with Crippen LogP contribution in [0.2, 0.25) is 0 Å². The van der Waals surface area contributed by atoms with E-state index in [4.69, 9.17) is 0 Å². The number of hydrogen-bond acceptors (Lipinski definition) is 2. The lowest BCUT2D eigenvalue weighted by molar-refractivity contribution is 0.123. The number of nitrogens with one attached hydrogen (secondary N) is 1. The van der Waals surface area contributed by atoms with Crippen LogP contribution >= 0.6 is 0 Å². The van der Waals surface area contributed by atoms with Gasteiger partial charge in [-0.15, -0.1) is 0 Å². The van der Waals surface area contributed by atoms with Crippen LogP contribution in [0.15, 0.2) is 12.1 Å². The fraction of sp³-hybridized carbons (Fsp3) is 0.600. The van der Waals surface area contributed by atoms with Gasteiger partial charge >= 0.3 is 0 Å². The average molecular weight is 235 g/mol. The summed E-state index contributed by atoms with van der Waals surface area (Å²) in [6.45, 7) is 12.0. The van der Waals surface area contributed by atoms with Crippen molar-refractivity contribution in [3.05, 3.63) is 34.4 Å². The Kier molecular flexibility index (Phi) is 5.16. The maximum absolute atomic E-state index is 9.72. The third-order valence-electron chi connectivity index (χ3n) is 3.27. The van der Waals surface area contributed by atoms with Crippen molar-refractivity contribution in [1.82, 2.24) is 5.32 Å². The van der Waals surface area contributed by atoms with Crippen LogP contribution in [0.3, 0.4) is 0 Å². The molecular weight excluding hydrogens is 210 g/mol. The van der Waals surface area contributed by atoms with Crippen LogP contribution in [0.4, 0.5) is 0 Å². The molecular formula is C15H25NO. The van der Waals surface area contributed by atoms with Gasteiger partial charge in [0.05, 0.1) is 6.10 Å². The molecule has 1 rings (SSSR count). The molecule has 0 aliphatic heterocycles. The molecule has 0 heterocycles. The number of aliphatic hydroxyl groups excluding tert-OH is 1. The summed E-state index contributed by atoms with van der Waals surface area (Å²) in [5, 5.41) is 13.1. The molecule has 1 aromatic carbocycles. The number of aryl methyl sites for hydroxylation is 3. The second-order valence-corrected chi connectivity index (χ2v) is 5.32. The Morgan fingerprint density at radius 3 is 2.12 bits per heavy atom. The quantitative estimate of drug-likeness (QED) is 0.822. The minimum atomic E-state index is -0.263. The first-order chi connectivity index (χ1) is 7.91. The summed E-state index contributed by atoms with van der Waals surface area (Å²) < 4.78 is 0. The lowest BCUT2D eigenvalue weighted by Gasteiger charge is -2.17.